The Balaban J connectivity index is 3.28. The van der Waals surface area contributed by atoms with E-state index in [9.17, 15) is 4.39 Å². The van der Waals surface area contributed by atoms with Crippen molar-refractivity contribution in [2.75, 3.05) is 0 Å². The highest BCUT2D eigenvalue weighted by atomic mass is 35.5. The highest BCUT2D eigenvalue weighted by molar-refractivity contribution is 6.64. The molecule has 0 bridgehead atoms. The fourth-order valence-corrected chi connectivity index (χ4v) is 1.18. The van der Waals surface area contributed by atoms with Crippen molar-refractivity contribution in [2.24, 2.45) is 0 Å². The van der Waals surface area contributed by atoms with Crippen molar-refractivity contribution in [1.29, 1.82) is 0 Å². The van der Waals surface area contributed by atoms with Crippen LogP contribution in [0.4, 0.5) is 4.39 Å². The van der Waals surface area contributed by atoms with E-state index in [0.29, 0.717) is 0 Å². The molecule has 0 fully saturated rings. The summed E-state index contributed by atoms with van der Waals surface area (Å²) in [7, 11) is -1.81. The van der Waals surface area contributed by atoms with Crippen LogP contribution >= 0.6 is 23.2 Å². The van der Waals surface area contributed by atoms with Crippen LogP contribution in [0.5, 0.6) is 0 Å². The zero-order valence-corrected chi connectivity index (χ0v) is 7.27. The summed E-state index contributed by atoms with van der Waals surface area (Å²) in [6, 6.07) is 1.91. The van der Waals surface area contributed by atoms with Gasteiger partial charge in [0.25, 0.3) is 0 Å². The molecule has 0 unspecified atom stereocenters. The van der Waals surface area contributed by atoms with Gasteiger partial charge < -0.3 is 10.0 Å². The Kier molecular flexibility index (Phi) is 2.96. The molecule has 0 atom stereocenters. The van der Waals surface area contributed by atoms with Gasteiger partial charge in [-0.05, 0) is 12.1 Å². The largest absolute Gasteiger partial charge is 0.490 e. The molecule has 0 aromatic heterocycles. The summed E-state index contributed by atoms with van der Waals surface area (Å²) in [6.07, 6.45) is 0. The second-order valence-electron chi connectivity index (χ2n) is 2.16. The van der Waals surface area contributed by atoms with Crippen LogP contribution < -0.4 is 5.46 Å². The fourth-order valence-electron chi connectivity index (χ4n) is 0.764. The smallest absolute Gasteiger partial charge is 0.423 e. The molecule has 64 valence electrons. The molecule has 1 aromatic rings. The van der Waals surface area contributed by atoms with Crippen LogP contribution in [0.3, 0.4) is 0 Å². The lowest BCUT2D eigenvalue weighted by molar-refractivity contribution is 0.425. The minimum Gasteiger partial charge on any atom is -0.423 e. The first-order chi connectivity index (χ1) is 5.52. The van der Waals surface area contributed by atoms with Gasteiger partial charge in [0.2, 0.25) is 0 Å². The minimum absolute atomic E-state index is 0.0419. The van der Waals surface area contributed by atoms with Crippen molar-refractivity contribution >= 4 is 35.8 Å². The predicted molar refractivity (Wildman–Crippen MR) is 46.2 cm³/mol. The molecule has 0 aliphatic rings. The van der Waals surface area contributed by atoms with Crippen molar-refractivity contribution in [3.8, 4) is 0 Å². The normalized spacial score (nSPS) is 10.1. The second kappa shape index (κ2) is 3.62. The maximum Gasteiger partial charge on any atom is 0.490 e. The Morgan fingerprint density at radius 1 is 1.25 bits per heavy atom. The Bertz CT molecular complexity index is 306. The maximum absolute atomic E-state index is 12.6. The molecule has 6 heteroatoms. The van der Waals surface area contributed by atoms with E-state index < -0.39 is 12.9 Å². The Hall–Kier alpha value is -0.285. The van der Waals surface area contributed by atoms with E-state index in [1.165, 1.54) is 0 Å². The number of rotatable bonds is 1. The van der Waals surface area contributed by atoms with E-state index in [1.807, 2.05) is 0 Å². The summed E-state index contributed by atoms with van der Waals surface area (Å²) in [5.74, 6) is -0.660. The van der Waals surface area contributed by atoms with Gasteiger partial charge in [-0.3, -0.25) is 0 Å². The molecule has 0 amide bonds. The molecule has 1 aromatic carbocycles. The zero-order valence-electron chi connectivity index (χ0n) is 5.76. The molecule has 12 heavy (non-hydrogen) atoms. The molecule has 0 aliphatic carbocycles. The molecule has 0 saturated carbocycles. The van der Waals surface area contributed by atoms with Gasteiger partial charge in [-0.2, -0.15) is 0 Å². The Morgan fingerprint density at radius 3 is 2.33 bits per heavy atom. The van der Waals surface area contributed by atoms with Crippen LogP contribution in [0.2, 0.25) is 10.0 Å². The van der Waals surface area contributed by atoms with E-state index in [1.54, 1.807) is 0 Å². The SMILES string of the molecule is OB(O)c1cc(F)cc(Cl)c1Cl. The molecule has 2 nitrogen and oxygen atoms in total. The van der Waals surface area contributed by atoms with Crippen LogP contribution in [0.15, 0.2) is 12.1 Å². The molecular formula is C6H4BCl2FO2. The van der Waals surface area contributed by atoms with E-state index in [4.69, 9.17) is 33.2 Å². The first kappa shape index (κ1) is 9.80. The first-order valence-corrected chi connectivity index (χ1v) is 3.78. The van der Waals surface area contributed by atoms with Crippen molar-refractivity contribution in [3.63, 3.8) is 0 Å². The van der Waals surface area contributed by atoms with Gasteiger partial charge in [-0.25, -0.2) is 4.39 Å². The van der Waals surface area contributed by atoms with Crippen molar-refractivity contribution in [3.05, 3.63) is 28.0 Å². The standard InChI is InChI=1S/C6H4BCl2FO2/c8-5-2-3(10)1-4(6(5)9)7(11)12/h1-2,11-12H. The van der Waals surface area contributed by atoms with Gasteiger partial charge in [0.1, 0.15) is 5.82 Å². The summed E-state index contributed by atoms with van der Waals surface area (Å²) >= 11 is 11.0. The quantitative estimate of drug-likeness (QED) is 0.530. The van der Waals surface area contributed by atoms with Crippen molar-refractivity contribution in [1.82, 2.24) is 0 Å². The lowest BCUT2D eigenvalue weighted by Crippen LogP contribution is -2.31. The van der Waals surface area contributed by atoms with Crippen molar-refractivity contribution < 1.29 is 14.4 Å². The molecule has 0 aliphatic heterocycles. The Labute approximate surface area is 78.7 Å². The lowest BCUT2D eigenvalue weighted by Gasteiger charge is -2.03. The van der Waals surface area contributed by atoms with Crippen LogP contribution in [-0.4, -0.2) is 17.2 Å². The third-order valence-corrected chi connectivity index (χ3v) is 2.12. The van der Waals surface area contributed by atoms with Gasteiger partial charge in [-0.15, -0.1) is 0 Å². The summed E-state index contributed by atoms with van der Waals surface area (Å²) in [4.78, 5) is 0. The summed E-state index contributed by atoms with van der Waals surface area (Å²) in [5.41, 5.74) is -0.137. The summed E-state index contributed by atoms with van der Waals surface area (Å²) in [6.45, 7) is 0. The van der Waals surface area contributed by atoms with Gasteiger partial charge >= 0.3 is 7.12 Å². The number of halogens is 3. The van der Waals surface area contributed by atoms with Crippen LogP contribution in [0.25, 0.3) is 0 Å². The van der Waals surface area contributed by atoms with Gasteiger partial charge in [0, 0.05) is 5.46 Å². The monoisotopic (exact) mass is 208 g/mol. The maximum atomic E-state index is 12.6. The highest BCUT2D eigenvalue weighted by Gasteiger charge is 2.18. The average molecular weight is 209 g/mol. The third kappa shape index (κ3) is 1.90. The van der Waals surface area contributed by atoms with Crippen molar-refractivity contribution in [2.45, 2.75) is 0 Å². The van der Waals surface area contributed by atoms with Gasteiger partial charge in [-0.1, -0.05) is 23.2 Å². The molecule has 0 radical (unpaired) electrons. The van der Waals surface area contributed by atoms with Crippen LogP contribution in [-0.2, 0) is 0 Å². The second-order valence-corrected chi connectivity index (χ2v) is 2.95. The van der Waals surface area contributed by atoms with Crippen LogP contribution in [0.1, 0.15) is 0 Å². The van der Waals surface area contributed by atoms with E-state index in [2.05, 4.69) is 0 Å². The fraction of sp³-hybridized carbons (Fsp3) is 0. The molecule has 2 N–H and O–H groups in total. The average Bonchev–Trinajstić information content (AvgIpc) is 1.96. The van der Waals surface area contributed by atoms with E-state index in [0.717, 1.165) is 12.1 Å². The topological polar surface area (TPSA) is 40.5 Å². The number of benzene rings is 1. The molecule has 0 heterocycles. The lowest BCUT2D eigenvalue weighted by atomic mass is 9.80. The molecular weight excluding hydrogens is 205 g/mol. The van der Waals surface area contributed by atoms with E-state index in [-0.39, 0.29) is 15.5 Å². The zero-order chi connectivity index (χ0) is 9.30. The Morgan fingerprint density at radius 2 is 1.83 bits per heavy atom. The molecule has 0 spiro atoms. The molecule has 0 saturated heterocycles. The number of hydrogen-bond acceptors (Lipinski definition) is 2. The highest BCUT2D eigenvalue weighted by Crippen LogP contribution is 2.20. The number of hydrogen-bond donors (Lipinski definition) is 2. The third-order valence-electron chi connectivity index (χ3n) is 1.30. The van der Waals surface area contributed by atoms with Gasteiger partial charge in [0.05, 0.1) is 10.0 Å². The summed E-state index contributed by atoms with van der Waals surface area (Å²) in [5, 5.41) is 17.3. The summed E-state index contributed by atoms with van der Waals surface area (Å²) < 4.78 is 12.6. The first-order valence-electron chi connectivity index (χ1n) is 3.03. The van der Waals surface area contributed by atoms with E-state index >= 15 is 0 Å². The molecule has 1 rings (SSSR count). The predicted octanol–water partition coefficient (Wildman–Crippen LogP) is 0.812. The van der Waals surface area contributed by atoms with Crippen LogP contribution in [0, 0.1) is 5.82 Å². The minimum atomic E-state index is -1.81. The van der Waals surface area contributed by atoms with Gasteiger partial charge in [0.15, 0.2) is 0 Å².